The van der Waals surface area contributed by atoms with E-state index in [1.54, 1.807) is 12.1 Å². The summed E-state index contributed by atoms with van der Waals surface area (Å²) < 4.78 is 5.69. The van der Waals surface area contributed by atoms with Crippen LogP contribution in [0.2, 0.25) is 15.1 Å². The van der Waals surface area contributed by atoms with Crippen molar-refractivity contribution >= 4 is 46.6 Å². The molecule has 2 aromatic rings. The molecular formula is C27H26Cl3NO3. The van der Waals surface area contributed by atoms with Crippen molar-refractivity contribution < 1.29 is 14.3 Å². The van der Waals surface area contributed by atoms with Gasteiger partial charge in [-0.05, 0) is 68.0 Å². The van der Waals surface area contributed by atoms with Gasteiger partial charge in [-0.25, -0.2) is 4.79 Å². The Morgan fingerprint density at radius 1 is 1.06 bits per heavy atom. The Kier molecular flexibility index (Phi) is 7.42. The number of nitrogens with one attached hydrogen (secondary N) is 1. The highest BCUT2D eigenvalue weighted by atomic mass is 35.5. The van der Waals surface area contributed by atoms with Gasteiger partial charge in [0, 0.05) is 34.3 Å². The SMILES string of the molecule is CC[C@@H](C)OC(=O)C1=C(C)NC2=C(C(=O)C[C@H](c3ccc(Cl)cc3)C2)[C@@H]1c1ccc(Cl)c(Cl)c1. The molecule has 0 spiro atoms. The summed E-state index contributed by atoms with van der Waals surface area (Å²) >= 11 is 18.6. The van der Waals surface area contributed by atoms with Crippen LogP contribution in [0, 0.1) is 0 Å². The number of carbonyl (C=O) groups is 2. The predicted octanol–water partition coefficient (Wildman–Crippen LogP) is 7.35. The number of ether oxygens (including phenoxy) is 1. The maximum absolute atomic E-state index is 13.6. The first-order chi connectivity index (χ1) is 16.2. The second-order valence-corrected chi connectivity index (χ2v) is 10.1. The summed E-state index contributed by atoms with van der Waals surface area (Å²) in [6.07, 6.45) is 1.44. The molecule has 0 radical (unpaired) electrons. The van der Waals surface area contributed by atoms with Crippen LogP contribution in [0.1, 0.15) is 63.0 Å². The largest absolute Gasteiger partial charge is 0.459 e. The van der Waals surface area contributed by atoms with Crippen LogP contribution in [-0.4, -0.2) is 17.9 Å². The van der Waals surface area contributed by atoms with Gasteiger partial charge in [-0.15, -0.1) is 0 Å². The molecule has 0 unspecified atom stereocenters. The number of hydrogen-bond donors (Lipinski definition) is 1. The van der Waals surface area contributed by atoms with Gasteiger partial charge in [0.25, 0.3) is 0 Å². The Bertz CT molecular complexity index is 1200. The second-order valence-electron chi connectivity index (χ2n) is 8.87. The van der Waals surface area contributed by atoms with E-state index in [2.05, 4.69) is 5.32 Å². The molecule has 2 aromatic carbocycles. The zero-order valence-electron chi connectivity index (χ0n) is 19.3. The lowest BCUT2D eigenvalue weighted by Gasteiger charge is -2.37. The molecule has 0 saturated carbocycles. The smallest absolute Gasteiger partial charge is 0.337 e. The fraction of sp³-hybridized carbons (Fsp3) is 0.333. The van der Waals surface area contributed by atoms with E-state index >= 15 is 0 Å². The number of carbonyl (C=O) groups excluding carboxylic acids is 2. The van der Waals surface area contributed by atoms with E-state index in [1.165, 1.54) is 0 Å². The number of Topliss-reactive ketones (excluding diaryl/α,β-unsaturated/α-hetero) is 1. The van der Waals surface area contributed by atoms with Crippen molar-refractivity contribution in [1.29, 1.82) is 0 Å². The van der Waals surface area contributed by atoms with Gasteiger partial charge in [0.15, 0.2) is 5.78 Å². The highest BCUT2D eigenvalue weighted by molar-refractivity contribution is 6.42. The molecule has 2 aliphatic rings. The van der Waals surface area contributed by atoms with Gasteiger partial charge in [0.05, 0.1) is 21.7 Å². The minimum Gasteiger partial charge on any atom is -0.459 e. The van der Waals surface area contributed by atoms with Gasteiger partial charge in [0.2, 0.25) is 0 Å². The average molecular weight is 519 g/mol. The fourth-order valence-corrected chi connectivity index (χ4v) is 5.07. The van der Waals surface area contributed by atoms with Gasteiger partial charge in [-0.1, -0.05) is 59.9 Å². The normalized spacial score (nSPS) is 21.2. The number of benzene rings is 2. The molecule has 1 heterocycles. The van der Waals surface area contributed by atoms with Crippen LogP contribution in [0.15, 0.2) is 65.0 Å². The predicted molar refractivity (Wildman–Crippen MR) is 136 cm³/mol. The zero-order chi connectivity index (χ0) is 24.6. The summed E-state index contributed by atoms with van der Waals surface area (Å²) in [6.45, 7) is 5.65. The maximum Gasteiger partial charge on any atom is 0.337 e. The molecule has 7 heteroatoms. The minimum absolute atomic E-state index is 0.00823. The first-order valence-electron chi connectivity index (χ1n) is 11.3. The third-order valence-electron chi connectivity index (χ3n) is 6.55. The minimum atomic E-state index is -0.582. The first-order valence-corrected chi connectivity index (χ1v) is 12.5. The fourth-order valence-electron chi connectivity index (χ4n) is 4.64. The van der Waals surface area contributed by atoms with E-state index in [0.717, 1.165) is 16.8 Å². The maximum atomic E-state index is 13.6. The standard InChI is InChI=1S/C27H26Cl3NO3/c1-4-14(2)34-27(33)24-15(3)31-22-12-18(16-5-8-19(28)9-6-16)13-23(32)26(22)25(24)17-7-10-20(29)21(30)11-17/h5-11,14,18,25,31H,4,12-13H2,1-3H3/t14-,18-,25-/m1/s1. The lowest BCUT2D eigenvalue weighted by atomic mass is 9.71. The monoisotopic (exact) mass is 517 g/mol. The number of dihydropyridines is 1. The quantitative estimate of drug-likeness (QED) is 0.420. The molecule has 0 aromatic heterocycles. The first kappa shape index (κ1) is 24.8. The molecule has 1 aliphatic heterocycles. The van der Waals surface area contributed by atoms with Crippen LogP contribution in [0.3, 0.4) is 0 Å². The number of halogens is 3. The number of rotatable bonds is 5. The van der Waals surface area contributed by atoms with Crippen LogP contribution in [0.5, 0.6) is 0 Å². The van der Waals surface area contributed by atoms with Crippen molar-refractivity contribution in [3.63, 3.8) is 0 Å². The van der Waals surface area contributed by atoms with E-state index in [0.29, 0.717) is 51.2 Å². The van der Waals surface area contributed by atoms with Gasteiger partial charge < -0.3 is 10.1 Å². The lowest BCUT2D eigenvalue weighted by Crippen LogP contribution is -2.36. The van der Waals surface area contributed by atoms with Crippen molar-refractivity contribution in [1.82, 2.24) is 5.32 Å². The molecule has 0 amide bonds. The van der Waals surface area contributed by atoms with Crippen molar-refractivity contribution in [3.05, 3.63) is 91.2 Å². The summed E-state index contributed by atoms with van der Waals surface area (Å²) in [5.74, 6) is -1.01. The zero-order valence-corrected chi connectivity index (χ0v) is 21.5. The number of hydrogen-bond acceptors (Lipinski definition) is 4. The van der Waals surface area contributed by atoms with E-state index in [1.807, 2.05) is 51.1 Å². The van der Waals surface area contributed by atoms with Crippen molar-refractivity contribution in [2.75, 3.05) is 0 Å². The summed E-state index contributed by atoms with van der Waals surface area (Å²) in [6, 6.07) is 12.8. The second kappa shape index (κ2) is 10.2. The van der Waals surface area contributed by atoms with Crippen molar-refractivity contribution in [2.24, 2.45) is 0 Å². The highest BCUT2D eigenvalue weighted by Gasteiger charge is 2.41. The summed E-state index contributed by atoms with van der Waals surface area (Å²) in [5, 5.41) is 4.80. The van der Waals surface area contributed by atoms with Crippen molar-refractivity contribution in [2.45, 2.75) is 58.0 Å². The van der Waals surface area contributed by atoms with Crippen LogP contribution < -0.4 is 5.32 Å². The Morgan fingerprint density at radius 2 is 1.74 bits per heavy atom. The topological polar surface area (TPSA) is 55.4 Å². The van der Waals surface area contributed by atoms with Gasteiger partial charge in [-0.2, -0.15) is 0 Å². The summed E-state index contributed by atoms with van der Waals surface area (Å²) in [5.41, 5.74) is 4.30. The average Bonchev–Trinajstić information content (AvgIpc) is 2.80. The number of allylic oxidation sites excluding steroid dienone is 3. The third kappa shape index (κ3) is 4.91. The molecule has 0 fully saturated rings. The van der Waals surface area contributed by atoms with Crippen molar-refractivity contribution in [3.8, 4) is 0 Å². The van der Waals surface area contributed by atoms with Gasteiger partial charge >= 0.3 is 5.97 Å². The summed E-state index contributed by atoms with van der Waals surface area (Å²) in [7, 11) is 0. The van der Waals surface area contributed by atoms with Crippen LogP contribution in [-0.2, 0) is 14.3 Å². The molecular weight excluding hydrogens is 493 g/mol. The Hall–Kier alpha value is -2.27. The Balaban J connectivity index is 1.79. The van der Waals surface area contributed by atoms with Crippen LogP contribution in [0.4, 0.5) is 0 Å². The number of esters is 1. The van der Waals surface area contributed by atoms with Gasteiger partial charge in [0.1, 0.15) is 0 Å². The van der Waals surface area contributed by atoms with Crippen LogP contribution >= 0.6 is 34.8 Å². The molecule has 0 saturated heterocycles. The molecule has 1 N–H and O–H groups in total. The van der Waals surface area contributed by atoms with E-state index in [-0.39, 0.29) is 17.8 Å². The molecule has 3 atom stereocenters. The Labute approximate surface area is 214 Å². The van der Waals surface area contributed by atoms with E-state index in [4.69, 9.17) is 39.5 Å². The highest BCUT2D eigenvalue weighted by Crippen LogP contribution is 2.46. The molecule has 178 valence electrons. The number of ketones is 1. The van der Waals surface area contributed by atoms with E-state index in [9.17, 15) is 9.59 Å². The molecule has 0 bridgehead atoms. The van der Waals surface area contributed by atoms with Crippen LogP contribution in [0.25, 0.3) is 0 Å². The molecule has 4 nitrogen and oxygen atoms in total. The molecule has 34 heavy (non-hydrogen) atoms. The van der Waals surface area contributed by atoms with Gasteiger partial charge in [-0.3, -0.25) is 4.79 Å². The summed E-state index contributed by atoms with van der Waals surface area (Å²) in [4.78, 5) is 26.9. The molecule has 4 rings (SSSR count). The Morgan fingerprint density at radius 3 is 2.38 bits per heavy atom. The third-order valence-corrected chi connectivity index (χ3v) is 7.54. The molecule has 1 aliphatic carbocycles. The lowest BCUT2D eigenvalue weighted by molar-refractivity contribution is -0.144. The van der Waals surface area contributed by atoms with E-state index < -0.39 is 11.9 Å².